The second kappa shape index (κ2) is 9.65. The van der Waals surface area contributed by atoms with Crippen LogP contribution in [-0.2, 0) is 27.3 Å². The average Bonchev–Trinajstić information content (AvgIpc) is 3.02. The number of rotatable bonds is 6. The van der Waals surface area contributed by atoms with Crippen LogP contribution in [0.2, 0.25) is 0 Å². The SMILES string of the molecule is Cc1cc(/C=C(\C#N)C(=O)OCC(=O)N2CCCc3ccccc32)c(C)n1CC(C)C. The first kappa shape index (κ1) is 22.4. The van der Waals surface area contributed by atoms with Gasteiger partial charge in [-0.15, -0.1) is 0 Å². The Morgan fingerprint density at radius 2 is 2.00 bits per heavy atom. The van der Waals surface area contributed by atoms with Crippen molar-refractivity contribution >= 4 is 23.6 Å². The highest BCUT2D eigenvalue weighted by molar-refractivity contribution is 6.01. The average molecular weight is 420 g/mol. The molecule has 1 aliphatic rings. The van der Waals surface area contributed by atoms with Gasteiger partial charge in [0.05, 0.1) is 0 Å². The highest BCUT2D eigenvalue weighted by Gasteiger charge is 2.24. The fourth-order valence-electron chi connectivity index (χ4n) is 3.99. The molecule has 1 amide bonds. The molecule has 0 aliphatic carbocycles. The summed E-state index contributed by atoms with van der Waals surface area (Å²) in [6, 6.07) is 11.6. The lowest BCUT2D eigenvalue weighted by Gasteiger charge is -2.29. The molecule has 0 spiro atoms. The lowest BCUT2D eigenvalue weighted by molar-refractivity contribution is -0.143. The number of anilines is 1. The first-order chi connectivity index (χ1) is 14.8. The van der Waals surface area contributed by atoms with Crippen LogP contribution >= 0.6 is 0 Å². The lowest BCUT2D eigenvalue weighted by atomic mass is 10.0. The van der Waals surface area contributed by atoms with E-state index in [4.69, 9.17) is 4.74 Å². The van der Waals surface area contributed by atoms with Crippen LogP contribution in [0.4, 0.5) is 5.69 Å². The van der Waals surface area contributed by atoms with E-state index in [9.17, 15) is 14.9 Å². The molecule has 0 N–H and O–H groups in total. The summed E-state index contributed by atoms with van der Waals surface area (Å²) in [6.07, 6.45) is 3.34. The van der Waals surface area contributed by atoms with Crippen LogP contribution in [0.25, 0.3) is 6.08 Å². The number of hydrogen-bond acceptors (Lipinski definition) is 4. The van der Waals surface area contributed by atoms with Gasteiger partial charge in [0.15, 0.2) is 6.61 Å². The molecule has 1 aromatic heterocycles. The minimum absolute atomic E-state index is 0.114. The molecule has 0 radical (unpaired) electrons. The smallest absolute Gasteiger partial charge is 0.349 e. The van der Waals surface area contributed by atoms with Crippen LogP contribution < -0.4 is 4.90 Å². The van der Waals surface area contributed by atoms with Crippen molar-refractivity contribution in [1.82, 2.24) is 4.57 Å². The summed E-state index contributed by atoms with van der Waals surface area (Å²) in [7, 11) is 0. The number of benzene rings is 1. The number of fused-ring (bicyclic) bond motifs is 1. The highest BCUT2D eigenvalue weighted by atomic mass is 16.5. The highest BCUT2D eigenvalue weighted by Crippen LogP contribution is 2.27. The molecule has 6 nitrogen and oxygen atoms in total. The zero-order chi connectivity index (χ0) is 22.5. The molecular weight excluding hydrogens is 390 g/mol. The number of hydrogen-bond donors (Lipinski definition) is 0. The molecule has 0 saturated heterocycles. The summed E-state index contributed by atoms with van der Waals surface area (Å²) < 4.78 is 7.39. The number of nitrogens with zero attached hydrogens (tertiary/aromatic N) is 3. The van der Waals surface area contributed by atoms with Gasteiger partial charge in [0.25, 0.3) is 5.91 Å². The molecule has 162 valence electrons. The summed E-state index contributed by atoms with van der Waals surface area (Å²) >= 11 is 0. The molecule has 1 aromatic carbocycles. The number of aromatic nitrogens is 1. The second-order valence-electron chi connectivity index (χ2n) is 8.35. The van der Waals surface area contributed by atoms with Crippen LogP contribution in [0.15, 0.2) is 35.9 Å². The van der Waals surface area contributed by atoms with E-state index in [-0.39, 0.29) is 11.5 Å². The lowest BCUT2D eigenvalue weighted by Crippen LogP contribution is -2.38. The van der Waals surface area contributed by atoms with Gasteiger partial charge in [0, 0.05) is 30.2 Å². The van der Waals surface area contributed by atoms with Gasteiger partial charge < -0.3 is 14.2 Å². The topological polar surface area (TPSA) is 75.3 Å². The fourth-order valence-corrected chi connectivity index (χ4v) is 3.99. The van der Waals surface area contributed by atoms with Crippen molar-refractivity contribution < 1.29 is 14.3 Å². The summed E-state index contributed by atoms with van der Waals surface area (Å²) in [5.41, 5.74) is 4.74. The molecule has 3 rings (SSSR count). The van der Waals surface area contributed by atoms with Crippen LogP contribution in [0.1, 0.15) is 42.8 Å². The number of nitriles is 1. The minimum atomic E-state index is -0.783. The zero-order valence-corrected chi connectivity index (χ0v) is 18.6. The Balaban J connectivity index is 1.70. The van der Waals surface area contributed by atoms with Gasteiger partial charge in [0.1, 0.15) is 11.6 Å². The van der Waals surface area contributed by atoms with E-state index in [1.807, 2.05) is 50.2 Å². The number of aryl methyl sites for hydroxylation is 2. The van der Waals surface area contributed by atoms with E-state index in [0.29, 0.717) is 12.5 Å². The van der Waals surface area contributed by atoms with E-state index >= 15 is 0 Å². The van der Waals surface area contributed by atoms with E-state index < -0.39 is 12.6 Å². The van der Waals surface area contributed by atoms with Crippen molar-refractivity contribution in [3.05, 3.63) is 58.4 Å². The molecule has 6 heteroatoms. The minimum Gasteiger partial charge on any atom is -0.451 e. The summed E-state index contributed by atoms with van der Waals surface area (Å²) in [5.74, 6) is -0.587. The Hall–Kier alpha value is -3.33. The number of carbonyl (C=O) groups is 2. The Morgan fingerprint density at radius 3 is 2.71 bits per heavy atom. The summed E-state index contributed by atoms with van der Waals surface area (Å²) in [6.45, 7) is 9.33. The van der Waals surface area contributed by atoms with Gasteiger partial charge in [0.2, 0.25) is 0 Å². The maximum absolute atomic E-state index is 12.7. The molecule has 0 saturated carbocycles. The first-order valence-corrected chi connectivity index (χ1v) is 10.7. The predicted octanol–water partition coefficient (Wildman–Crippen LogP) is 4.19. The van der Waals surface area contributed by atoms with Crippen LogP contribution in [0.5, 0.6) is 0 Å². The molecule has 2 aromatic rings. The Bertz CT molecular complexity index is 1060. The van der Waals surface area contributed by atoms with Crippen LogP contribution in [0.3, 0.4) is 0 Å². The van der Waals surface area contributed by atoms with Crippen molar-refractivity contribution in [2.75, 3.05) is 18.1 Å². The normalized spacial score (nSPS) is 13.7. The van der Waals surface area contributed by atoms with Gasteiger partial charge >= 0.3 is 5.97 Å². The second-order valence-corrected chi connectivity index (χ2v) is 8.35. The largest absolute Gasteiger partial charge is 0.451 e. The third-order valence-electron chi connectivity index (χ3n) is 5.54. The van der Waals surface area contributed by atoms with Gasteiger partial charge in [-0.1, -0.05) is 32.0 Å². The maximum atomic E-state index is 12.7. The van der Waals surface area contributed by atoms with E-state index in [2.05, 4.69) is 18.4 Å². The molecule has 0 fully saturated rings. The molecule has 2 heterocycles. The monoisotopic (exact) mass is 419 g/mol. The van der Waals surface area contributed by atoms with Crippen molar-refractivity contribution in [3.63, 3.8) is 0 Å². The Labute approximate surface area is 183 Å². The molecule has 31 heavy (non-hydrogen) atoms. The third-order valence-corrected chi connectivity index (χ3v) is 5.54. The predicted molar refractivity (Wildman–Crippen MR) is 120 cm³/mol. The Morgan fingerprint density at radius 1 is 1.26 bits per heavy atom. The quantitative estimate of drug-likeness (QED) is 0.400. The molecule has 0 bridgehead atoms. The maximum Gasteiger partial charge on any atom is 0.349 e. The molecule has 0 atom stereocenters. The molecule has 1 aliphatic heterocycles. The van der Waals surface area contributed by atoms with E-state index in [1.165, 1.54) is 0 Å². The van der Waals surface area contributed by atoms with E-state index in [1.54, 1.807) is 11.0 Å². The van der Waals surface area contributed by atoms with Crippen molar-refractivity contribution in [3.8, 4) is 6.07 Å². The molecule has 0 unspecified atom stereocenters. The first-order valence-electron chi connectivity index (χ1n) is 10.7. The number of esters is 1. The van der Waals surface area contributed by atoms with Crippen molar-refractivity contribution in [2.45, 2.75) is 47.1 Å². The van der Waals surface area contributed by atoms with Crippen molar-refractivity contribution in [2.24, 2.45) is 5.92 Å². The fraction of sp³-hybridized carbons (Fsp3) is 0.400. The van der Waals surface area contributed by atoms with Gasteiger partial charge in [-0.25, -0.2) is 4.79 Å². The number of amides is 1. The van der Waals surface area contributed by atoms with Crippen LogP contribution in [-0.4, -0.2) is 29.6 Å². The van der Waals surface area contributed by atoms with Gasteiger partial charge in [-0.05, 0) is 61.9 Å². The number of ether oxygens (including phenoxy) is 1. The summed E-state index contributed by atoms with van der Waals surface area (Å²) in [5, 5.41) is 9.49. The zero-order valence-electron chi connectivity index (χ0n) is 18.6. The van der Waals surface area contributed by atoms with Gasteiger partial charge in [-0.3, -0.25) is 4.79 Å². The molecular formula is C25H29N3O3. The van der Waals surface area contributed by atoms with Crippen molar-refractivity contribution in [1.29, 1.82) is 5.26 Å². The Kier molecular flexibility index (Phi) is 6.96. The number of carbonyl (C=O) groups excluding carboxylic acids is 2. The van der Waals surface area contributed by atoms with Crippen LogP contribution in [0, 0.1) is 31.1 Å². The van der Waals surface area contributed by atoms with E-state index in [0.717, 1.165) is 47.6 Å². The third kappa shape index (κ3) is 5.05. The van der Waals surface area contributed by atoms with Gasteiger partial charge in [-0.2, -0.15) is 5.26 Å². The standard InChI is InChI=1S/C25H29N3O3/c1-17(2)15-28-18(3)12-21(19(28)4)13-22(14-26)25(30)31-16-24(29)27-11-7-9-20-8-5-6-10-23(20)27/h5-6,8,10,12-13,17H,7,9,11,15-16H2,1-4H3/b22-13+. The number of para-hydroxylation sites is 1. The summed E-state index contributed by atoms with van der Waals surface area (Å²) in [4.78, 5) is 26.8.